The number of amides is 1. The molecule has 0 atom stereocenters. The highest BCUT2D eigenvalue weighted by atomic mass is 32.1. The van der Waals surface area contributed by atoms with E-state index in [1.807, 2.05) is 6.92 Å². The zero-order valence-corrected chi connectivity index (χ0v) is 15.6. The maximum absolute atomic E-state index is 12.3. The molecule has 1 aromatic carbocycles. The van der Waals surface area contributed by atoms with E-state index < -0.39 is 0 Å². The summed E-state index contributed by atoms with van der Waals surface area (Å²) in [5, 5.41) is 3.39. The Labute approximate surface area is 152 Å². The van der Waals surface area contributed by atoms with E-state index in [1.165, 1.54) is 4.57 Å². The molecule has 0 aliphatic rings. The van der Waals surface area contributed by atoms with Crippen LogP contribution in [0.5, 0.6) is 0 Å². The quantitative estimate of drug-likeness (QED) is 0.530. The lowest BCUT2D eigenvalue weighted by molar-refractivity contribution is 0.0940. The number of aromatic nitrogens is 2. The Morgan fingerprint density at radius 3 is 2.76 bits per heavy atom. The maximum atomic E-state index is 12.3. The largest absolute Gasteiger partial charge is 0.381 e. The lowest BCUT2D eigenvalue weighted by Crippen LogP contribution is -2.26. The summed E-state index contributed by atoms with van der Waals surface area (Å²) in [4.78, 5) is 27.6. The van der Waals surface area contributed by atoms with Gasteiger partial charge in [-0.1, -0.05) is 13.3 Å². The summed E-state index contributed by atoms with van der Waals surface area (Å²) >= 11 is 5.20. The van der Waals surface area contributed by atoms with Crippen LogP contribution < -0.4 is 10.9 Å². The van der Waals surface area contributed by atoms with Crippen LogP contribution in [0.4, 0.5) is 0 Å². The van der Waals surface area contributed by atoms with Gasteiger partial charge in [-0.15, -0.1) is 0 Å². The van der Waals surface area contributed by atoms with E-state index in [9.17, 15) is 9.59 Å². The number of rotatable bonds is 9. The van der Waals surface area contributed by atoms with E-state index in [2.05, 4.69) is 17.2 Å². The zero-order chi connectivity index (χ0) is 18.2. The fourth-order valence-electron chi connectivity index (χ4n) is 2.51. The number of carbonyl (C=O) groups is 1. The van der Waals surface area contributed by atoms with Crippen LogP contribution in [0.2, 0.25) is 0 Å². The molecule has 0 radical (unpaired) electrons. The fourth-order valence-corrected chi connectivity index (χ4v) is 2.83. The molecule has 25 heavy (non-hydrogen) atoms. The highest BCUT2D eigenvalue weighted by Gasteiger charge is 2.09. The molecule has 1 aromatic heterocycles. The molecule has 0 aliphatic carbocycles. The van der Waals surface area contributed by atoms with Gasteiger partial charge >= 0.3 is 0 Å². The van der Waals surface area contributed by atoms with Crippen LogP contribution in [0.3, 0.4) is 0 Å². The first-order valence-corrected chi connectivity index (χ1v) is 9.12. The standard InChI is InChI=1S/C18H25N3O3S/c1-3-5-10-24-11-6-9-19-16(22)13-7-8-14-15(12-13)20-18(25)21(4-2)17(14)23/h7-8,12H,3-6,9-11H2,1-2H3,(H,19,22)(H,20,25). The average Bonchev–Trinajstić information content (AvgIpc) is 2.60. The van der Waals surface area contributed by atoms with Gasteiger partial charge in [0.25, 0.3) is 11.5 Å². The van der Waals surface area contributed by atoms with Crippen LogP contribution in [-0.4, -0.2) is 35.2 Å². The lowest BCUT2D eigenvalue weighted by atomic mass is 10.1. The van der Waals surface area contributed by atoms with Crippen LogP contribution in [-0.2, 0) is 11.3 Å². The summed E-state index contributed by atoms with van der Waals surface area (Å²) in [6.07, 6.45) is 2.95. The van der Waals surface area contributed by atoms with Gasteiger partial charge in [-0.25, -0.2) is 0 Å². The molecule has 0 fully saturated rings. The number of nitrogens with zero attached hydrogens (tertiary/aromatic N) is 1. The number of hydrogen-bond donors (Lipinski definition) is 2. The number of benzene rings is 1. The Morgan fingerprint density at radius 2 is 2.04 bits per heavy atom. The summed E-state index contributed by atoms with van der Waals surface area (Å²) < 4.78 is 7.32. The molecule has 2 rings (SSSR count). The van der Waals surface area contributed by atoms with Gasteiger partial charge in [0.1, 0.15) is 0 Å². The van der Waals surface area contributed by atoms with E-state index in [4.69, 9.17) is 17.0 Å². The van der Waals surface area contributed by atoms with Crippen LogP contribution in [0.1, 0.15) is 43.5 Å². The number of H-pyrrole nitrogens is 1. The summed E-state index contributed by atoms with van der Waals surface area (Å²) in [7, 11) is 0. The number of fused-ring (bicyclic) bond motifs is 1. The first-order chi connectivity index (χ1) is 12.1. The molecule has 0 saturated carbocycles. The fraction of sp³-hybridized carbons (Fsp3) is 0.500. The molecular weight excluding hydrogens is 338 g/mol. The molecule has 136 valence electrons. The van der Waals surface area contributed by atoms with Gasteiger partial charge in [-0.3, -0.25) is 14.2 Å². The third-order valence-electron chi connectivity index (χ3n) is 3.95. The van der Waals surface area contributed by atoms with Crippen molar-refractivity contribution in [3.8, 4) is 0 Å². The van der Waals surface area contributed by atoms with E-state index in [-0.39, 0.29) is 11.5 Å². The van der Waals surface area contributed by atoms with Crippen LogP contribution in [0.25, 0.3) is 10.9 Å². The smallest absolute Gasteiger partial charge is 0.262 e. The predicted molar refractivity (Wildman–Crippen MR) is 102 cm³/mol. The second kappa shape index (κ2) is 9.48. The van der Waals surface area contributed by atoms with Crippen molar-refractivity contribution >= 4 is 29.0 Å². The number of ether oxygens (including phenoxy) is 1. The predicted octanol–water partition coefficient (Wildman–Crippen LogP) is 3.02. The van der Waals surface area contributed by atoms with E-state index in [1.54, 1.807) is 18.2 Å². The number of hydrogen-bond acceptors (Lipinski definition) is 4. The minimum atomic E-state index is -0.172. The minimum Gasteiger partial charge on any atom is -0.381 e. The molecule has 0 saturated heterocycles. The second-order valence-electron chi connectivity index (χ2n) is 5.82. The Bertz CT molecular complexity index is 842. The minimum absolute atomic E-state index is 0.141. The molecule has 2 aromatic rings. The number of unbranched alkanes of at least 4 members (excludes halogenated alkanes) is 1. The number of nitrogens with one attached hydrogen (secondary N) is 2. The third kappa shape index (κ3) is 4.99. The molecule has 0 bridgehead atoms. The highest BCUT2D eigenvalue weighted by Crippen LogP contribution is 2.11. The third-order valence-corrected chi connectivity index (χ3v) is 4.28. The Hall–Kier alpha value is -1.99. The Balaban J connectivity index is 2.00. The summed E-state index contributed by atoms with van der Waals surface area (Å²) in [6.45, 7) is 6.45. The van der Waals surface area contributed by atoms with Crippen molar-refractivity contribution in [2.24, 2.45) is 0 Å². The first kappa shape index (κ1) is 19.3. The van der Waals surface area contributed by atoms with Crippen molar-refractivity contribution < 1.29 is 9.53 Å². The molecule has 0 aliphatic heterocycles. The second-order valence-corrected chi connectivity index (χ2v) is 6.20. The SMILES string of the molecule is CCCCOCCCNC(=O)c1ccc2c(=O)n(CC)c(=S)[nH]c2c1. The average molecular weight is 363 g/mol. The highest BCUT2D eigenvalue weighted by molar-refractivity contribution is 7.71. The van der Waals surface area contributed by atoms with Crippen LogP contribution >= 0.6 is 12.2 Å². The van der Waals surface area contributed by atoms with E-state index >= 15 is 0 Å². The topological polar surface area (TPSA) is 76.1 Å². The molecule has 6 nitrogen and oxygen atoms in total. The van der Waals surface area contributed by atoms with Crippen LogP contribution in [0.15, 0.2) is 23.0 Å². The molecule has 7 heteroatoms. The maximum Gasteiger partial charge on any atom is 0.262 e. The van der Waals surface area contributed by atoms with Crippen LogP contribution in [0, 0.1) is 4.77 Å². The lowest BCUT2D eigenvalue weighted by Gasteiger charge is -2.08. The van der Waals surface area contributed by atoms with Crippen molar-refractivity contribution in [1.82, 2.24) is 14.9 Å². The van der Waals surface area contributed by atoms with Crippen molar-refractivity contribution in [3.63, 3.8) is 0 Å². The molecule has 1 amide bonds. The van der Waals surface area contributed by atoms with Gasteiger partial charge in [-0.05, 0) is 50.2 Å². The molecule has 2 N–H and O–H groups in total. The molecule has 0 unspecified atom stereocenters. The van der Waals surface area contributed by atoms with Gasteiger partial charge in [-0.2, -0.15) is 0 Å². The van der Waals surface area contributed by atoms with E-state index in [0.717, 1.165) is 25.9 Å². The first-order valence-electron chi connectivity index (χ1n) is 8.71. The number of aromatic amines is 1. The van der Waals surface area contributed by atoms with Crippen molar-refractivity contribution in [2.45, 2.75) is 39.7 Å². The van der Waals surface area contributed by atoms with Gasteiger partial charge in [0.15, 0.2) is 4.77 Å². The normalized spacial score (nSPS) is 11.0. The summed E-state index contributed by atoms with van der Waals surface area (Å²) in [6, 6.07) is 4.99. The Morgan fingerprint density at radius 1 is 1.28 bits per heavy atom. The summed E-state index contributed by atoms with van der Waals surface area (Å²) in [5.74, 6) is -0.172. The molecule has 0 spiro atoms. The molecular formula is C18H25N3O3S. The van der Waals surface area contributed by atoms with Gasteiger partial charge in [0, 0.05) is 31.9 Å². The number of carbonyl (C=O) groups excluding carboxylic acids is 1. The van der Waals surface area contributed by atoms with Crippen molar-refractivity contribution in [3.05, 3.63) is 38.9 Å². The van der Waals surface area contributed by atoms with Gasteiger partial charge < -0.3 is 15.0 Å². The Kier molecular flexibility index (Phi) is 7.33. The van der Waals surface area contributed by atoms with Crippen molar-refractivity contribution in [1.29, 1.82) is 0 Å². The van der Waals surface area contributed by atoms with Gasteiger partial charge in [0.05, 0.1) is 10.9 Å². The van der Waals surface area contributed by atoms with Crippen molar-refractivity contribution in [2.75, 3.05) is 19.8 Å². The monoisotopic (exact) mass is 363 g/mol. The zero-order valence-electron chi connectivity index (χ0n) is 14.8. The molecule has 1 heterocycles. The van der Waals surface area contributed by atoms with E-state index in [0.29, 0.717) is 40.9 Å². The van der Waals surface area contributed by atoms with Gasteiger partial charge in [0.2, 0.25) is 0 Å². The summed E-state index contributed by atoms with van der Waals surface area (Å²) in [5.41, 5.74) is 0.936.